The van der Waals surface area contributed by atoms with Gasteiger partial charge in [-0.1, -0.05) is 30.9 Å². The minimum Gasteiger partial charge on any atom is -0.478 e. The van der Waals surface area contributed by atoms with E-state index in [0.29, 0.717) is 16.3 Å². The molecule has 0 saturated heterocycles. The van der Waals surface area contributed by atoms with Gasteiger partial charge >= 0.3 is 0 Å². The highest BCUT2D eigenvalue weighted by Crippen LogP contribution is 2.40. The maximum absolute atomic E-state index is 13.3. The zero-order chi connectivity index (χ0) is 21.6. The molecule has 1 fully saturated rings. The van der Waals surface area contributed by atoms with E-state index < -0.39 is 0 Å². The molecule has 0 spiro atoms. The van der Waals surface area contributed by atoms with Crippen LogP contribution in [0.3, 0.4) is 0 Å². The van der Waals surface area contributed by atoms with E-state index in [2.05, 4.69) is 5.32 Å². The maximum Gasteiger partial charge on any atom is 0.254 e. The van der Waals surface area contributed by atoms with E-state index in [0.717, 1.165) is 49.1 Å². The molecule has 162 valence electrons. The second-order valence-electron chi connectivity index (χ2n) is 8.09. The lowest BCUT2D eigenvalue weighted by molar-refractivity contribution is 0.0927. The molecule has 1 amide bonds. The summed E-state index contributed by atoms with van der Waals surface area (Å²) in [4.78, 5) is 19.3. The van der Waals surface area contributed by atoms with Crippen molar-refractivity contribution >= 4 is 40.1 Å². The van der Waals surface area contributed by atoms with E-state index in [1.165, 1.54) is 29.7 Å². The van der Waals surface area contributed by atoms with E-state index >= 15 is 0 Å². The smallest absolute Gasteiger partial charge is 0.254 e. The summed E-state index contributed by atoms with van der Waals surface area (Å²) in [6.07, 6.45) is 11.6. The number of ether oxygens (including phenoxy) is 1. The van der Waals surface area contributed by atoms with Gasteiger partial charge in [0.15, 0.2) is 6.61 Å². The van der Waals surface area contributed by atoms with Crippen LogP contribution in [-0.4, -0.2) is 24.8 Å². The van der Waals surface area contributed by atoms with E-state index in [1.807, 2.05) is 6.07 Å². The van der Waals surface area contributed by atoms with Crippen LogP contribution >= 0.6 is 22.9 Å². The zero-order valence-electron chi connectivity index (χ0n) is 17.5. The molecule has 1 saturated carbocycles. The van der Waals surface area contributed by atoms with E-state index in [4.69, 9.17) is 26.6 Å². The standard InChI is InChI=1S/C24H26ClN3O2S/c25-17-10-11-20(30-13-12-26)16(14-17)15-27-24-22(19-8-4-5-9-21(19)31-24)23(29)28-18-6-2-1-3-7-18/h10-11,14-15,18H,1-9,13H2,(H,28,29). The van der Waals surface area contributed by atoms with Crippen LogP contribution in [0, 0.1) is 11.3 Å². The van der Waals surface area contributed by atoms with Gasteiger partial charge in [0.2, 0.25) is 0 Å². The molecule has 7 heteroatoms. The number of halogens is 1. The Labute approximate surface area is 192 Å². The Morgan fingerprint density at radius 2 is 2.06 bits per heavy atom. The molecule has 1 heterocycles. The summed E-state index contributed by atoms with van der Waals surface area (Å²) in [6.45, 7) is -0.0508. The van der Waals surface area contributed by atoms with Crippen molar-refractivity contribution in [3.05, 3.63) is 44.8 Å². The number of amides is 1. The van der Waals surface area contributed by atoms with Gasteiger partial charge in [0, 0.05) is 27.7 Å². The van der Waals surface area contributed by atoms with Crippen LogP contribution in [0.5, 0.6) is 5.75 Å². The second kappa shape index (κ2) is 10.3. The molecule has 1 N–H and O–H groups in total. The number of fused-ring (bicyclic) bond motifs is 1. The average molecular weight is 456 g/mol. The van der Waals surface area contributed by atoms with Crippen molar-refractivity contribution in [2.45, 2.75) is 63.8 Å². The van der Waals surface area contributed by atoms with Crippen LogP contribution in [0.15, 0.2) is 23.2 Å². The molecule has 1 aromatic carbocycles. The summed E-state index contributed by atoms with van der Waals surface area (Å²) in [6, 6.07) is 7.45. The molecule has 0 radical (unpaired) electrons. The number of carbonyl (C=O) groups is 1. The van der Waals surface area contributed by atoms with Crippen molar-refractivity contribution in [3.63, 3.8) is 0 Å². The normalized spacial score (nSPS) is 16.6. The van der Waals surface area contributed by atoms with Gasteiger partial charge in [0.05, 0.1) is 5.56 Å². The molecule has 5 nitrogen and oxygen atoms in total. The van der Waals surface area contributed by atoms with Gasteiger partial charge in [0.25, 0.3) is 5.91 Å². The first kappa shape index (κ1) is 21.9. The van der Waals surface area contributed by atoms with Crippen molar-refractivity contribution in [1.29, 1.82) is 5.26 Å². The van der Waals surface area contributed by atoms with Crippen molar-refractivity contribution in [1.82, 2.24) is 5.32 Å². The van der Waals surface area contributed by atoms with Gasteiger partial charge < -0.3 is 10.1 Å². The largest absolute Gasteiger partial charge is 0.478 e. The second-order valence-corrected chi connectivity index (χ2v) is 9.61. The molecule has 0 aliphatic heterocycles. The Bertz CT molecular complexity index is 1020. The van der Waals surface area contributed by atoms with Gasteiger partial charge in [0.1, 0.15) is 16.8 Å². The fourth-order valence-corrected chi connectivity index (χ4v) is 5.78. The molecule has 0 unspecified atom stereocenters. The van der Waals surface area contributed by atoms with Crippen LogP contribution in [-0.2, 0) is 12.8 Å². The molecule has 1 aromatic heterocycles. The average Bonchev–Trinajstić information content (AvgIpc) is 3.16. The Morgan fingerprint density at radius 3 is 2.87 bits per heavy atom. The SMILES string of the molecule is N#CCOc1ccc(Cl)cc1C=Nc1sc2c(c1C(=O)NC1CCCCC1)CCCC2. The fourth-order valence-electron chi connectivity index (χ4n) is 4.37. The molecule has 0 atom stereocenters. The molecule has 0 bridgehead atoms. The third-order valence-electron chi connectivity index (χ3n) is 5.91. The number of thiophene rings is 1. The summed E-state index contributed by atoms with van der Waals surface area (Å²) < 4.78 is 5.50. The Morgan fingerprint density at radius 1 is 1.26 bits per heavy atom. The van der Waals surface area contributed by atoms with Crippen LogP contribution in [0.25, 0.3) is 0 Å². The van der Waals surface area contributed by atoms with Crippen molar-refractivity contribution < 1.29 is 9.53 Å². The van der Waals surface area contributed by atoms with E-state index in [-0.39, 0.29) is 18.6 Å². The summed E-state index contributed by atoms with van der Waals surface area (Å²) >= 11 is 7.78. The van der Waals surface area contributed by atoms with E-state index in [9.17, 15) is 4.79 Å². The molecule has 4 rings (SSSR count). The highest BCUT2D eigenvalue weighted by Gasteiger charge is 2.27. The van der Waals surface area contributed by atoms with Crippen LogP contribution in [0.2, 0.25) is 5.02 Å². The Balaban J connectivity index is 1.64. The van der Waals surface area contributed by atoms with Gasteiger partial charge in [-0.25, -0.2) is 4.99 Å². The molecular weight excluding hydrogens is 430 g/mol. The monoisotopic (exact) mass is 455 g/mol. The number of nitriles is 1. The third-order valence-corrected chi connectivity index (χ3v) is 7.34. The lowest BCUT2D eigenvalue weighted by atomic mass is 9.93. The van der Waals surface area contributed by atoms with Gasteiger partial charge in [-0.3, -0.25) is 4.79 Å². The maximum atomic E-state index is 13.3. The number of nitrogens with zero attached hydrogens (tertiary/aromatic N) is 2. The first-order chi connectivity index (χ1) is 15.2. The first-order valence-corrected chi connectivity index (χ1v) is 12.1. The minimum absolute atomic E-state index is 0.00509. The van der Waals surface area contributed by atoms with Crippen LogP contribution in [0.1, 0.15) is 71.3 Å². The highest BCUT2D eigenvalue weighted by atomic mass is 35.5. The lowest BCUT2D eigenvalue weighted by Gasteiger charge is -2.23. The van der Waals surface area contributed by atoms with Crippen molar-refractivity contribution in [3.8, 4) is 11.8 Å². The lowest BCUT2D eigenvalue weighted by Crippen LogP contribution is -2.36. The fraction of sp³-hybridized carbons (Fsp3) is 0.458. The Kier molecular flexibility index (Phi) is 7.26. The summed E-state index contributed by atoms with van der Waals surface area (Å²) in [7, 11) is 0. The number of hydrogen-bond acceptors (Lipinski definition) is 5. The zero-order valence-corrected chi connectivity index (χ0v) is 19.0. The van der Waals surface area contributed by atoms with Crippen molar-refractivity contribution in [2.24, 2.45) is 4.99 Å². The van der Waals surface area contributed by atoms with Gasteiger partial charge in [-0.2, -0.15) is 5.26 Å². The summed E-state index contributed by atoms with van der Waals surface area (Å²) in [5, 5.41) is 13.4. The predicted molar refractivity (Wildman–Crippen MR) is 125 cm³/mol. The molecule has 2 aromatic rings. The van der Waals surface area contributed by atoms with Crippen LogP contribution in [0.4, 0.5) is 5.00 Å². The number of hydrogen-bond donors (Lipinski definition) is 1. The van der Waals surface area contributed by atoms with Crippen molar-refractivity contribution in [2.75, 3.05) is 6.61 Å². The molecule has 2 aliphatic rings. The minimum atomic E-state index is -0.0508. The highest BCUT2D eigenvalue weighted by molar-refractivity contribution is 7.16. The van der Waals surface area contributed by atoms with Gasteiger partial charge in [-0.05, 0) is 62.3 Å². The quantitative estimate of drug-likeness (QED) is 0.543. The third kappa shape index (κ3) is 5.28. The van der Waals surface area contributed by atoms with Gasteiger partial charge in [-0.15, -0.1) is 11.3 Å². The number of rotatable bonds is 6. The topological polar surface area (TPSA) is 74.5 Å². The number of aliphatic imine (C=N–C) groups is 1. The molecular formula is C24H26ClN3O2S. The predicted octanol–water partition coefficient (Wildman–Crippen LogP) is 6.00. The summed E-state index contributed by atoms with van der Waals surface area (Å²) in [5.74, 6) is 0.551. The summed E-state index contributed by atoms with van der Waals surface area (Å²) in [5.41, 5.74) is 2.60. The molecule has 31 heavy (non-hydrogen) atoms. The first-order valence-electron chi connectivity index (χ1n) is 10.9. The number of benzene rings is 1. The van der Waals surface area contributed by atoms with E-state index in [1.54, 1.807) is 35.8 Å². The number of nitrogens with one attached hydrogen (secondary N) is 1. The number of aryl methyl sites for hydroxylation is 1. The molecule has 2 aliphatic carbocycles. The number of carbonyl (C=O) groups excluding carboxylic acids is 1. The van der Waals surface area contributed by atoms with Crippen LogP contribution < -0.4 is 10.1 Å². The Hall–Kier alpha value is -2.36.